The average molecular weight is 253 g/mol. The first-order valence-electron chi connectivity index (χ1n) is 6.22. The molecule has 0 fully saturated rings. The van der Waals surface area contributed by atoms with Crippen LogP contribution < -0.4 is 5.32 Å². The number of hydrogen-bond donors (Lipinski definition) is 2. The van der Waals surface area contributed by atoms with Crippen LogP contribution in [0.1, 0.15) is 49.1 Å². The van der Waals surface area contributed by atoms with Crippen molar-refractivity contribution in [1.29, 1.82) is 0 Å². The van der Waals surface area contributed by atoms with Gasteiger partial charge in [-0.05, 0) is 31.7 Å². The summed E-state index contributed by atoms with van der Waals surface area (Å²) in [6.45, 7) is 10.00. The van der Waals surface area contributed by atoms with Crippen LogP contribution >= 0.6 is 0 Å². The van der Waals surface area contributed by atoms with Crippen molar-refractivity contribution in [3.63, 3.8) is 0 Å². The minimum atomic E-state index is -0.526. The van der Waals surface area contributed by atoms with Crippen LogP contribution in [0.4, 0.5) is 0 Å². The predicted molar refractivity (Wildman–Crippen MR) is 70.6 cm³/mol. The Morgan fingerprint density at radius 2 is 2.06 bits per heavy atom. The molecule has 0 bridgehead atoms. The Hall–Kier alpha value is -1.29. The van der Waals surface area contributed by atoms with E-state index in [1.54, 1.807) is 19.9 Å². The number of nitrogens with one attached hydrogen (secondary N) is 1. The Morgan fingerprint density at radius 3 is 2.50 bits per heavy atom. The van der Waals surface area contributed by atoms with E-state index in [1.807, 2.05) is 0 Å². The van der Waals surface area contributed by atoms with Crippen LogP contribution in [0.2, 0.25) is 0 Å². The van der Waals surface area contributed by atoms with Crippen molar-refractivity contribution in [2.45, 2.75) is 47.1 Å². The summed E-state index contributed by atoms with van der Waals surface area (Å²) < 4.78 is 5.30. The molecule has 1 rings (SSSR count). The number of aryl methyl sites for hydroxylation is 2. The molecule has 0 aliphatic rings. The van der Waals surface area contributed by atoms with Crippen LogP contribution in [0, 0.1) is 19.3 Å². The van der Waals surface area contributed by atoms with Gasteiger partial charge in [0.1, 0.15) is 11.5 Å². The lowest BCUT2D eigenvalue weighted by atomic mass is 9.89. The molecule has 0 saturated heterocycles. The second-order valence-electron chi connectivity index (χ2n) is 5.96. The Morgan fingerprint density at radius 1 is 1.44 bits per heavy atom. The highest BCUT2D eigenvalue weighted by atomic mass is 16.3. The number of aliphatic hydroxyl groups is 1. The first kappa shape index (κ1) is 14.8. The third-order valence-corrected chi connectivity index (χ3v) is 2.63. The Balaban J connectivity index is 2.49. The average Bonchev–Trinajstić information content (AvgIpc) is 2.52. The van der Waals surface area contributed by atoms with Crippen LogP contribution in [0.25, 0.3) is 0 Å². The summed E-state index contributed by atoms with van der Waals surface area (Å²) in [4.78, 5) is 11.9. The zero-order chi connectivity index (χ0) is 13.9. The summed E-state index contributed by atoms with van der Waals surface area (Å²) in [7, 11) is 0. The van der Waals surface area contributed by atoms with Gasteiger partial charge in [0.25, 0.3) is 5.91 Å². The lowest BCUT2D eigenvalue weighted by molar-refractivity contribution is 0.0867. The molecule has 1 atom stereocenters. The Bertz CT molecular complexity index is 415. The number of hydrogen-bond acceptors (Lipinski definition) is 3. The highest BCUT2D eigenvalue weighted by Crippen LogP contribution is 2.20. The molecular weight excluding hydrogens is 230 g/mol. The van der Waals surface area contributed by atoms with E-state index in [1.165, 1.54) is 0 Å². The van der Waals surface area contributed by atoms with E-state index >= 15 is 0 Å². The van der Waals surface area contributed by atoms with Gasteiger partial charge in [-0.3, -0.25) is 4.79 Å². The summed E-state index contributed by atoms with van der Waals surface area (Å²) in [5, 5.41) is 12.5. The first-order valence-corrected chi connectivity index (χ1v) is 6.22. The highest BCUT2D eigenvalue weighted by Gasteiger charge is 2.18. The Kier molecular flexibility index (Phi) is 4.57. The smallest absolute Gasteiger partial charge is 0.254 e. The molecule has 18 heavy (non-hydrogen) atoms. The number of furan rings is 1. The fraction of sp³-hybridized carbons (Fsp3) is 0.643. The van der Waals surface area contributed by atoms with Crippen LogP contribution in [-0.4, -0.2) is 23.7 Å². The highest BCUT2D eigenvalue weighted by molar-refractivity contribution is 5.95. The summed E-state index contributed by atoms with van der Waals surface area (Å²) in [5.74, 6) is 1.13. The molecule has 0 spiro atoms. The molecule has 1 heterocycles. The zero-order valence-electron chi connectivity index (χ0n) is 11.8. The molecule has 4 heteroatoms. The second kappa shape index (κ2) is 5.57. The van der Waals surface area contributed by atoms with Crippen LogP contribution in [-0.2, 0) is 0 Å². The van der Waals surface area contributed by atoms with Crippen LogP contribution in [0.3, 0.4) is 0 Å². The molecule has 1 aromatic heterocycles. The molecule has 1 aromatic rings. The third kappa shape index (κ3) is 4.53. The molecule has 1 amide bonds. The normalized spacial score (nSPS) is 13.4. The van der Waals surface area contributed by atoms with E-state index < -0.39 is 6.10 Å². The minimum absolute atomic E-state index is 0.0479. The maximum absolute atomic E-state index is 11.9. The van der Waals surface area contributed by atoms with Gasteiger partial charge in [0.05, 0.1) is 11.7 Å². The van der Waals surface area contributed by atoms with Crippen molar-refractivity contribution in [1.82, 2.24) is 5.32 Å². The van der Waals surface area contributed by atoms with Gasteiger partial charge < -0.3 is 14.8 Å². The molecule has 0 aromatic carbocycles. The third-order valence-electron chi connectivity index (χ3n) is 2.63. The van der Waals surface area contributed by atoms with E-state index in [0.29, 0.717) is 23.5 Å². The van der Waals surface area contributed by atoms with Crippen molar-refractivity contribution in [2.24, 2.45) is 5.41 Å². The van der Waals surface area contributed by atoms with Crippen molar-refractivity contribution < 1.29 is 14.3 Å². The largest absolute Gasteiger partial charge is 0.466 e. The molecule has 102 valence electrons. The monoisotopic (exact) mass is 253 g/mol. The fourth-order valence-electron chi connectivity index (χ4n) is 1.94. The SMILES string of the molecule is Cc1cc(C(=O)NCC(O)CC(C)(C)C)c(C)o1. The van der Waals surface area contributed by atoms with Gasteiger partial charge >= 0.3 is 0 Å². The van der Waals surface area contributed by atoms with Gasteiger partial charge in [0.2, 0.25) is 0 Å². The topological polar surface area (TPSA) is 62.5 Å². The van der Waals surface area contributed by atoms with Gasteiger partial charge in [-0.15, -0.1) is 0 Å². The van der Waals surface area contributed by atoms with E-state index in [-0.39, 0.29) is 17.9 Å². The molecule has 0 aliphatic carbocycles. The molecule has 4 nitrogen and oxygen atoms in total. The van der Waals surface area contributed by atoms with Gasteiger partial charge in [0.15, 0.2) is 0 Å². The van der Waals surface area contributed by atoms with E-state index in [0.717, 1.165) is 0 Å². The second-order valence-corrected chi connectivity index (χ2v) is 5.96. The van der Waals surface area contributed by atoms with Crippen molar-refractivity contribution in [3.05, 3.63) is 23.2 Å². The van der Waals surface area contributed by atoms with Crippen molar-refractivity contribution >= 4 is 5.91 Å². The number of rotatable bonds is 4. The summed E-state index contributed by atoms with van der Waals surface area (Å²) in [6, 6.07) is 1.71. The van der Waals surface area contributed by atoms with Crippen LogP contribution in [0.5, 0.6) is 0 Å². The standard InChI is InChI=1S/C14H23NO3/c1-9-6-12(10(2)18-9)13(17)15-8-11(16)7-14(3,4)5/h6,11,16H,7-8H2,1-5H3,(H,15,17). The molecule has 0 radical (unpaired) electrons. The Labute approximate surface area is 108 Å². The van der Waals surface area contributed by atoms with E-state index in [2.05, 4.69) is 26.1 Å². The van der Waals surface area contributed by atoms with E-state index in [4.69, 9.17) is 4.42 Å². The number of aliphatic hydroxyl groups excluding tert-OH is 1. The fourth-order valence-corrected chi connectivity index (χ4v) is 1.94. The zero-order valence-corrected chi connectivity index (χ0v) is 11.8. The first-order chi connectivity index (χ1) is 8.19. The number of carbonyl (C=O) groups is 1. The summed E-state index contributed by atoms with van der Waals surface area (Å²) >= 11 is 0. The van der Waals surface area contributed by atoms with E-state index in [9.17, 15) is 9.90 Å². The summed E-state index contributed by atoms with van der Waals surface area (Å²) in [5.41, 5.74) is 0.585. The van der Waals surface area contributed by atoms with Gasteiger partial charge in [-0.2, -0.15) is 0 Å². The number of carbonyl (C=O) groups excluding carboxylic acids is 1. The minimum Gasteiger partial charge on any atom is -0.466 e. The van der Waals surface area contributed by atoms with Crippen LogP contribution in [0.15, 0.2) is 10.5 Å². The maximum Gasteiger partial charge on any atom is 0.254 e. The lowest BCUT2D eigenvalue weighted by Gasteiger charge is -2.22. The molecule has 0 aliphatic heterocycles. The van der Waals surface area contributed by atoms with Gasteiger partial charge in [-0.1, -0.05) is 20.8 Å². The predicted octanol–water partition coefficient (Wildman–Crippen LogP) is 2.42. The quantitative estimate of drug-likeness (QED) is 0.866. The van der Waals surface area contributed by atoms with Gasteiger partial charge in [-0.25, -0.2) is 0 Å². The van der Waals surface area contributed by atoms with Crippen molar-refractivity contribution in [2.75, 3.05) is 6.54 Å². The lowest BCUT2D eigenvalue weighted by Crippen LogP contribution is -2.34. The molecular formula is C14H23NO3. The maximum atomic E-state index is 11.9. The molecule has 1 unspecified atom stereocenters. The van der Waals surface area contributed by atoms with Crippen molar-refractivity contribution in [3.8, 4) is 0 Å². The molecule has 2 N–H and O–H groups in total. The van der Waals surface area contributed by atoms with Gasteiger partial charge in [0, 0.05) is 6.54 Å². The molecule has 0 saturated carbocycles. The number of amides is 1. The summed E-state index contributed by atoms with van der Waals surface area (Å²) in [6.07, 6.45) is 0.124.